The van der Waals surface area contributed by atoms with Crippen LogP contribution in [0.2, 0.25) is 0 Å². The maximum atomic E-state index is 15.0. The summed E-state index contributed by atoms with van der Waals surface area (Å²) in [6.07, 6.45) is 6.76. The first kappa shape index (κ1) is 13.2. The highest BCUT2D eigenvalue weighted by molar-refractivity contribution is 5.83. The van der Waals surface area contributed by atoms with Gasteiger partial charge < -0.3 is 9.13 Å². The lowest BCUT2D eigenvalue weighted by Crippen LogP contribution is -2.15. The van der Waals surface area contributed by atoms with Crippen molar-refractivity contribution in [3.63, 3.8) is 0 Å². The lowest BCUT2D eigenvalue weighted by Gasteiger charge is -2.15. The van der Waals surface area contributed by atoms with Crippen LogP contribution in [0.25, 0.3) is 16.6 Å². The van der Waals surface area contributed by atoms with Gasteiger partial charge in [-0.25, -0.2) is 8.78 Å². The molecule has 1 saturated carbocycles. The van der Waals surface area contributed by atoms with Crippen LogP contribution in [0.4, 0.5) is 8.78 Å². The summed E-state index contributed by atoms with van der Waals surface area (Å²) in [5.41, 5.74) is 0.244. The lowest BCUT2D eigenvalue weighted by molar-refractivity contribution is 0.570. The standard InChI is InChI=1S/C17H14F2N2O/c1-10-9-21(11-4-5-11)15-12(17(10)22)8-13(18)16(14(15)19)20-6-2-3-7-20/h2-3,6-9,11H,4-5H2,1H3. The molecule has 0 amide bonds. The third kappa shape index (κ3) is 1.81. The number of hydrogen-bond acceptors (Lipinski definition) is 1. The van der Waals surface area contributed by atoms with Gasteiger partial charge >= 0.3 is 0 Å². The fraction of sp³-hybridized carbons (Fsp3) is 0.235. The smallest absolute Gasteiger partial charge is 0.192 e. The quantitative estimate of drug-likeness (QED) is 0.708. The summed E-state index contributed by atoms with van der Waals surface area (Å²) < 4.78 is 32.6. The van der Waals surface area contributed by atoms with Crippen molar-refractivity contribution in [3.05, 3.63) is 64.2 Å². The van der Waals surface area contributed by atoms with E-state index in [2.05, 4.69) is 0 Å². The first-order valence-electron chi connectivity index (χ1n) is 7.24. The maximum Gasteiger partial charge on any atom is 0.192 e. The van der Waals surface area contributed by atoms with Gasteiger partial charge in [0.25, 0.3) is 0 Å². The molecule has 0 atom stereocenters. The third-order valence-electron chi connectivity index (χ3n) is 4.16. The Morgan fingerprint density at radius 1 is 1.18 bits per heavy atom. The van der Waals surface area contributed by atoms with E-state index in [1.165, 1.54) is 4.57 Å². The van der Waals surface area contributed by atoms with Gasteiger partial charge in [-0.15, -0.1) is 0 Å². The maximum absolute atomic E-state index is 15.0. The fourth-order valence-electron chi connectivity index (χ4n) is 2.93. The SMILES string of the molecule is Cc1cn(C2CC2)c2c(F)c(-n3cccc3)c(F)cc2c1=O. The minimum absolute atomic E-state index is 0.109. The van der Waals surface area contributed by atoms with E-state index in [9.17, 15) is 9.18 Å². The molecule has 1 aliphatic carbocycles. The Morgan fingerprint density at radius 3 is 2.50 bits per heavy atom. The Bertz CT molecular complexity index is 938. The number of fused-ring (bicyclic) bond motifs is 1. The zero-order valence-electron chi connectivity index (χ0n) is 12.0. The molecule has 0 aliphatic heterocycles. The van der Waals surface area contributed by atoms with Crippen molar-refractivity contribution in [2.45, 2.75) is 25.8 Å². The van der Waals surface area contributed by atoms with E-state index in [1.54, 1.807) is 42.2 Å². The minimum atomic E-state index is -0.730. The van der Waals surface area contributed by atoms with Crippen LogP contribution < -0.4 is 5.43 Å². The average Bonchev–Trinajstić information content (AvgIpc) is 3.19. The summed E-state index contributed by atoms with van der Waals surface area (Å²) in [6, 6.07) is 4.75. The minimum Gasteiger partial charge on any atom is -0.341 e. The molecule has 3 nitrogen and oxygen atoms in total. The number of aromatic nitrogens is 2. The molecular formula is C17H14F2N2O. The highest BCUT2D eigenvalue weighted by atomic mass is 19.1. The second-order valence-electron chi connectivity index (χ2n) is 5.79. The van der Waals surface area contributed by atoms with Gasteiger partial charge in [-0.1, -0.05) is 0 Å². The molecule has 22 heavy (non-hydrogen) atoms. The van der Waals surface area contributed by atoms with E-state index in [0.717, 1.165) is 18.9 Å². The van der Waals surface area contributed by atoms with Crippen molar-refractivity contribution in [3.8, 4) is 5.69 Å². The monoisotopic (exact) mass is 300 g/mol. The van der Waals surface area contributed by atoms with Gasteiger partial charge in [-0.3, -0.25) is 4.79 Å². The van der Waals surface area contributed by atoms with Crippen molar-refractivity contribution in [1.82, 2.24) is 9.13 Å². The number of halogens is 2. The molecule has 1 aliphatic rings. The van der Waals surface area contributed by atoms with Crippen LogP contribution in [0.5, 0.6) is 0 Å². The van der Waals surface area contributed by atoms with E-state index >= 15 is 4.39 Å². The van der Waals surface area contributed by atoms with Crippen molar-refractivity contribution in [1.29, 1.82) is 0 Å². The number of rotatable bonds is 2. The predicted octanol–water partition coefficient (Wildman–Crippen LogP) is 3.71. The Balaban J connectivity index is 2.16. The van der Waals surface area contributed by atoms with Crippen LogP contribution >= 0.6 is 0 Å². The summed E-state index contributed by atoms with van der Waals surface area (Å²) >= 11 is 0. The lowest BCUT2D eigenvalue weighted by atomic mass is 10.1. The molecule has 0 radical (unpaired) electrons. The largest absolute Gasteiger partial charge is 0.341 e. The summed E-state index contributed by atoms with van der Waals surface area (Å²) in [5.74, 6) is -1.42. The Morgan fingerprint density at radius 2 is 1.86 bits per heavy atom. The molecule has 1 aromatic carbocycles. The van der Waals surface area contributed by atoms with Gasteiger partial charge in [0.2, 0.25) is 0 Å². The van der Waals surface area contributed by atoms with E-state index < -0.39 is 11.6 Å². The van der Waals surface area contributed by atoms with Crippen LogP contribution in [0.15, 0.2) is 41.6 Å². The van der Waals surface area contributed by atoms with Gasteiger partial charge in [-0.2, -0.15) is 0 Å². The van der Waals surface area contributed by atoms with Gasteiger partial charge in [0.05, 0.1) is 10.9 Å². The van der Waals surface area contributed by atoms with Crippen molar-refractivity contribution < 1.29 is 8.78 Å². The zero-order chi connectivity index (χ0) is 15.4. The summed E-state index contributed by atoms with van der Waals surface area (Å²) in [4.78, 5) is 12.3. The molecule has 0 unspecified atom stereocenters. The third-order valence-corrected chi connectivity index (χ3v) is 4.16. The molecule has 0 bridgehead atoms. The van der Waals surface area contributed by atoms with Gasteiger partial charge in [0, 0.05) is 30.2 Å². The second kappa shape index (κ2) is 4.53. The normalized spacial score (nSPS) is 14.7. The van der Waals surface area contributed by atoms with Crippen LogP contribution in [0.3, 0.4) is 0 Å². The molecule has 2 heterocycles. The molecule has 3 aromatic rings. The fourth-order valence-corrected chi connectivity index (χ4v) is 2.93. The van der Waals surface area contributed by atoms with Crippen LogP contribution in [0, 0.1) is 18.6 Å². The number of nitrogens with zero attached hydrogens (tertiary/aromatic N) is 2. The van der Waals surface area contributed by atoms with Crippen LogP contribution in [0.1, 0.15) is 24.4 Å². The molecule has 5 heteroatoms. The average molecular weight is 300 g/mol. The van der Waals surface area contributed by atoms with E-state index in [0.29, 0.717) is 5.56 Å². The van der Waals surface area contributed by atoms with Crippen molar-refractivity contribution >= 4 is 10.9 Å². The highest BCUT2D eigenvalue weighted by Gasteiger charge is 2.28. The van der Waals surface area contributed by atoms with E-state index in [-0.39, 0.29) is 28.1 Å². The number of hydrogen-bond donors (Lipinski definition) is 0. The van der Waals surface area contributed by atoms with Crippen molar-refractivity contribution in [2.24, 2.45) is 0 Å². The van der Waals surface area contributed by atoms with E-state index in [4.69, 9.17) is 0 Å². The molecular weight excluding hydrogens is 286 g/mol. The van der Waals surface area contributed by atoms with Gasteiger partial charge in [-0.05, 0) is 38.0 Å². The summed E-state index contributed by atoms with van der Waals surface area (Å²) in [5, 5.41) is 0.109. The number of pyridine rings is 1. The topological polar surface area (TPSA) is 26.9 Å². The number of benzene rings is 1. The van der Waals surface area contributed by atoms with Gasteiger partial charge in [0.1, 0.15) is 5.69 Å². The summed E-state index contributed by atoms with van der Waals surface area (Å²) in [6.45, 7) is 1.68. The van der Waals surface area contributed by atoms with Crippen molar-refractivity contribution in [2.75, 3.05) is 0 Å². The molecule has 0 N–H and O–H groups in total. The van der Waals surface area contributed by atoms with Gasteiger partial charge in [0.15, 0.2) is 17.1 Å². The predicted molar refractivity (Wildman–Crippen MR) is 80.5 cm³/mol. The highest BCUT2D eigenvalue weighted by Crippen LogP contribution is 2.38. The molecule has 2 aromatic heterocycles. The molecule has 112 valence electrons. The zero-order valence-corrected chi connectivity index (χ0v) is 12.0. The first-order chi connectivity index (χ1) is 10.6. The Labute approximate surface area is 125 Å². The second-order valence-corrected chi connectivity index (χ2v) is 5.79. The Hall–Kier alpha value is -2.43. The number of aryl methyl sites for hydroxylation is 1. The van der Waals surface area contributed by atoms with Crippen LogP contribution in [-0.2, 0) is 0 Å². The first-order valence-corrected chi connectivity index (χ1v) is 7.24. The van der Waals surface area contributed by atoms with E-state index in [1.807, 2.05) is 0 Å². The molecule has 0 saturated heterocycles. The summed E-state index contributed by atoms with van der Waals surface area (Å²) in [7, 11) is 0. The molecule has 0 spiro atoms. The Kier molecular flexibility index (Phi) is 2.73. The molecule has 1 fully saturated rings. The molecule has 4 rings (SSSR count). The van der Waals surface area contributed by atoms with Crippen LogP contribution in [-0.4, -0.2) is 9.13 Å².